The minimum absolute atomic E-state index is 0.0637. The zero-order valence-corrected chi connectivity index (χ0v) is 12.4. The first-order valence-electron chi connectivity index (χ1n) is 6.61. The van der Waals surface area contributed by atoms with Crippen molar-refractivity contribution >= 4 is 28.9 Å². The predicted octanol–water partition coefficient (Wildman–Crippen LogP) is 0.648. The third-order valence-electron chi connectivity index (χ3n) is 3.20. The summed E-state index contributed by atoms with van der Waals surface area (Å²) < 4.78 is 5.20. The van der Waals surface area contributed by atoms with Crippen LogP contribution in [0.3, 0.4) is 0 Å². The van der Waals surface area contributed by atoms with Crippen molar-refractivity contribution in [2.24, 2.45) is 0 Å². The molecule has 2 N–H and O–H groups in total. The number of carbonyl (C=O) groups is 1. The predicted molar refractivity (Wildman–Crippen MR) is 82.3 cm³/mol. The molecule has 2 aromatic rings. The van der Waals surface area contributed by atoms with Crippen molar-refractivity contribution in [2.45, 2.75) is 6.54 Å². The Kier molecular flexibility index (Phi) is 3.87. The van der Waals surface area contributed by atoms with E-state index in [0.29, 0.717) is 19.0 Å². The van der Waals surface area contributed by atoms with E-state index in [4.69, 9.17) is 4.74 Å². The number of benzene rings is 1. The van der Waals surface area contributed by atoms with E-state index in [9.17, 15) is 4.79 Å². The second kappa shape index (κ2) is 5.97. The van der Waals surface area contributed by atoms with Crippen LogP contribution in [-0.2, 0) is 11.3 Å². The molecule has 108 valence electrons. The molecule has 0 spiro atoms. The summed E-state index contributed by atoms with van der Waals surface area (Å²) in [5, 5.41) is 5.26. The second-order valence-electron chi connectivity index (χ2n) is 4.62. The molecule has 0 saturated carbocycles. The van der Waals surface area contributed by atoms with Crippen LogP contribution < -0.4 is 15.0 Å². The largest absolute Gasteiger partial charge is 0.497 e. The van der Waals surface area contributed by atoms with Crippen LogP contribution in [0.5, 0.6) is 5.75 Å². The average molecular weight is 302 g/mol. The van der Waals surface area contributed by atoms with Gasteiger partial charge in [0.1, 0.15) is 18.0 Å². The van der Waals surface area contributed by atoms with E-state index in [1.54, 1.807) is 23.3 Å². The molecule has 1 amide bonds. The molecule has 0 aliphatic carbocycles. The van der Waals surface area contributed by atoms with Crippen molar-refractivity contribution in [3.8, 4) is 5.75 Å². The summed E-state index contributed by atoms with van der Waals surface area (Å²) in [5.41, 5.74) is 0.878. The number of ether oxygens (including phenoxy) is 1. The number of rotatable bonds is 4. The highest BCUT2D eigenvalue weighted by Crippen LogP contribution is 2.18. The van der Waals surface area contributed by atoms with E-state index >= 15 is 0 Å². The van der Waals surface area contributed by atoms with E-state index in [1.807, 2.05) is 41.8 Å². The van der Waals surface area contributed by atoms with Crippen LogP contribution in [0.4, 0.5) is 5.69 Å². The van der Waals surface area contributed by atoms with Crippen LogP contribution in [0.1, 0.15) is 4.88 Å². The number of nitrogens with zero attached hydrogens (tertiary/aromatic N) is 1. The van der Waals surface area contributed by atoms with E-state index in [0.717, 1.165) is 16.3 Å². The highest BCUT2D eigenvalue weighted by molar-refractivity contribution is 7.09. The van der Waals surface area contributed by atoms with Crippen LogP contribution >= 0.6 is 11.3 Å². The zero-order valence-electron chi connectivity index (χ0n) is 11.6. The first-order chi connectivity index (χ1) is 10.3. The molecule has 1 aliphatic rings. The molecule has 0 saturated heterocycles. The lowest BCUT2D eigenvalue weighted by Gasteiger charge is -2.11. The van der Waals surface area contributed by atoms with Gasteiger partial charge in [0.05, 0.1) is 7.11 Å². The van der Waals surface area contributed by atoms with Crippen LogP contribution in [0.2, 0.25) is 0 Å². The summed E-state index contributed by atoms with van der Waals surface area (Å²) in [6, 6.07) is 11.6. The maximum absolute atomic E-state index is 12.0. The van der Waals surface area contributed by atoms with E-state index in [1.165, 1.54) is 0 Å². The van der Waals surface area contributed by atoms with E-state index in [-0.39, 0.29) is 5.91 Å². The number of hydrogen-bond donors (Lipinski definition) is 2. The smallest absolute Gasteiger partial charge is 0.358 e. The Balaban J connectivity index is 1.75. The van der Waals surface area contributed by atoms with Crippen LogP contribution in [0.15, 0.2) is 41.8 Å². The summed E-state index contributed by atoms with van der Waals surface area (Å²) in [6.45, 7) is 0.896. The molecule has 0 bridgehead atoms. The second-order valence-corrected chi connectivity index (χ2v) is 5.65. The molecule has 6 heteroatoms. The number of amides is 1. The van der Waals surface area contributed by atoms with Gasteiger partial charge in [-0.25, -0.2) is 5.32 Å². The Labute approximate surface area is 126 Å². The molecule has 1 aromatic heterocycles. The Hall–Kier alpha value is -2.34. The van der Waals surface area contributed by atoms with Gasteiger partial charge in [0, 0.05) is 10.9 Å². The van der Waals surface area contributed by atoms with Gasteiger partial charge in [0.15, 0.2) is 6.54 Å². The molecule has 21 heavy (non-hydrogen) atoms. The van der Waals surface area contributed by atoms with Gasteiger partial charge in [-0.05, 0) is 23.6 Å². The molecule has 2 heterocycles. The summed E-state index contributed by atoms with van der Waals surface area (Å²) in [4.78, 5) is 18.0. The van der Waals surface area contributed by atoms with Gasteiger partial charge in [-0.1, -0.05) is 12.1 Å². The lowest BCUT2D eigenvalue weighted by atomic mass is 10.3. The number of carbonyl (C=O) groups excluding carboxylic acids is 1. The molecule has 0 fully saturated rings. The Bertz CT molecular complexity index is 667. The maximum Gasteiger partial charge on any atom is 0.358 e. The van der Waals surface area contributed by atoms with Crippen molar-refractivity contribution in [2.75, 3.05) is 19.0 Å². The van der Waals surface area contributed by atoms with Crippen molar-refractivity contribution in [3.63, 3.8) is 0 Å². The van der Waals surface area contributed by atoms with E-state index in [2.05, 4.69) is 10.3 Å². The van der Waals surface area contributed by atoms with Gasteiger partial charge in [-0.2, -0.15) is 4.90 Å². The zero-order chi connectivity index (χ0) is 14.7. The van der Waals surface area contributed by atoms with Gasteiger partial charge in [0.2, 0.25) is 0 Å². The Morgan fingerprint density at radius 1 is 1.38 bits per heavy atom. The molecular weight excluding hydrogens is 286 g/mol. The first-order valence-corrected chi connectivity index (χ1v) is 7.49. The third kappa shape index (κ3) is 3.05. The van der Waals surface area contributed by atoms with Crippen LogP contribution in [-0.4, -0.2) is 30.4 Å². The molecule has 5 nitrogen and oxygen atoms in total. The Morgan fingerprint density at radius 2 is 2.29 bits per heavy atom. The Morgan fingerprint density at radius 3 is 3.05 bits per heavy atom. The fourth-order valence-corrected chi connectivity index (χ4v) is 2.84. The number of guanidine groups is 1. The maximum atomic E-state index is 12.0. The van der Waals surface area contributed by atoms with Gasteiger partial charge >= 0.3 is 11.9 Å². The molecular formula is C15H16N3O2S+. The van der Waals surface area contributed by atoms with Crippen molar-refractivity contribution in [1.82, 2.24) is 4.90 Å². The average Bonchev–Trinajstić information content (AvgIpc) is 3.13. The number of methoxy groups -OCH3 is 1. The van der Waals surface area contributed by atoms with Crippen molar-refractivity contribution < 1.29 is 14.5 Å². The minimum Gasteiger partial charge on any atom is -0.497 e. The third-order valence-corrected chi connectivity index (χ3v) is 4.07. The normalized spacial score (nSPS) is 14.2. The monoisotopic (exact) mass is 302 g/mol. The molecule has 3 rings (SSSR count). The highest BCUT2D eigenvalue weighted by Gasteiger charge is 2.33. The summed E-state index contributed by atoms with van der Waals surface area (Å²) in [7, 11) is 1.63. The van der Waals surface area contributed by atoms with Gasteiger partial charge < -0.3 is 4.74 Å². The lowest BCUT2D eigenvalue weighted by Crippen LogP contribution is -2.72. The highest BCUT2D eigenvalue weighted by atomic mass is 32.1. The quantitative estimate of drug-likeness (QED) is 0.872. The van der Waals surface area contributed by atoms with Crippen LogP contribution in [0, 0.1) is 0 Å². The standard InChI is InChI=1S/C15H15N3O2S/c1-20-12-5-2-4-11(8-12)17-15-16-9-14(19)18(15)10-13-6-3-7-21-13/h2-8H,9-10H2,1H3,(H,16,17)/p+1. The summed E-state index contributed by atoms with van der Waals surface area (Å²) in [5.74, 6) is 1.55. The minimum atomic E-state index is 0.0637. The van der Waals surface area contributed by atoms with Crippen molar-refractivity contribution in [1.29, 1.82) is 0 Å². The molecule has 1 aromatic carbocycles. The molecule has 0 radical (unpaired) electrons. The van der Waals surface area contributed by atoms with Gasteiger partial charge in [-0.3, -0.25) is 9.79 Å². The fourth-order valence-electron chi connectivity index (χ4n) is 2.15. The number of thiophene rings is 1. The lowest BCUT2D eigenvalue weighted by molar-refractivity contribution is -0.438. The van der Waals surface area contributed by atoms with Gasteiger partial charge in [0.25, 0.3) is 0 Å². The SMILES string of the molecule is COc1cccc(NC2=[NH+]CC(=O)N2Cc2cccs2)c1. The summed E-state index contributed by atoms with van der Waals surface area (Å²) >= 11 is 1.64. The van der Waals surface area contributed by atoms with Crippen molar-refractivity contribution in [3.05, 3.63) is 46.7 Å². The fraction of sp³-hybridized carbons (Fsp3) is 0.200. The number of nitrogens with one attached hydrogen (secondary N) is 2. The topological polar surface area (TPSA) is 55.5 Å². The molecule has 0 unspecified atom stereocenters. The van der Waals surface area contributed by atoms with E-state index < -0.39 is 0 Å². The van der Waals surface area contributed by atoms with Crippen LogP contribution in [0.25, 0.3) is 0 Å². The summed E-state index contributed by atoms with van der Waals surface area (Å²) in [6.07, 6.45) is 0. The molecule has 1 aliphatic heterocycles. The number of hydrogen-bond acceptors (Lipinski definition) is 4. The molecule has 0 atom stereocenters. The first kappa shape index (κ1) is 13.6. The number of anilines is 1. The van der Waals surface area contributed by atoms with Gasteiger partial charge in [-0.15, -0.1) is 11.3 Å².